The van der Waals surface area contributed by atoms with Crippen LogP contribution in [0.2, 0.25) is 19.6 Å². The first-order chi connectivity index (χ1) is 5.81. The van der Waals surface area contributed by atoms with Gasteiger partial charge in [0.15, 0.2) is 8.32 Å². The number of rotatable bonds is 5. The van der Waals surface area contributed by atoms with E-state index in [9.17, 15) is 10.0 Å². The van der Waals surface area contributed by atoms with Gasteiger partial charge in [-0.3, -0.25) is 5.21 Å². The highest BCUT2D eigenvalue weighted by molar-refractivity contribution is 6.69. The minimum Gasteiger partial charge on any atom is -0.444 e. The van der Waals surface area contributed by atoms with Gasteiger partial charge in [0, 0.05) is 17.7 Å². The number of nitrogens with zero attached hydrogens (tertiary/aromatic N) is 1. The van der Waals surface area contributed by atoms with Gasteiger partial charge >= 0.3 is 0 Å². The third kappa shape index (κ3) is 9.07. The predicted octanol–water partition coefficient (Wildman–Crippen LogP) is 1.70. The molecule has 0 fully saturated rings. The van der Waals surface area contributed by atoms with Gasteiger partial charge in [0.2, 0.25) is 6.21 Å². The Balaban J connectivity index is 3.83. The Morgan fingerprint density at radius 3 is 2.46 bits per heavy atom. The quantitative estimate of drug-likeness (QED) is 0.296. The number of hydrogen-bond donors (Lipinski definition) is 0. The summed E-state index contributed by atoms with van der Waals surface area (Å²) in [5.41, 5.74) is 0. The minimum absolute atomic E-state index is 0.0812. The molecule has 0 aliphatic heterocycles. The molecular weight excluding hydrogens is 186 g/mol. The Hall–Kier alpha value is -0.843. The van der Waals surface area contributed by atoms with Gasteiger partial charge in [0.1, 0.15) is 5.78 Å². The average molecular weight is 203 g/mol. The van der Waals surface area contributed by atoms with Crippen molar-refractivity contribution in [3.05, 3.63) is 5.21 Å². The molecular formula is C8H17NO3Si. The van der Waals surface area contributed by atoms with Crippen molar-refractivity contribution in [3.63, 3.8) is 0 Å². The van der Waals surface area contributed by atoms with E-state index in [0.717, 1.165) is 0 Å². The molecule has 0 radical (unpaired) electrons. The molecule has 0 bridgehead atoms. The Morgan fingerprint density at radius 2 is 2.08 bits per heavy atom. The summed E-state index contributed by atoms with van der Waals surface area (Å²) in [6.45, 7) is 7.28. The van der Waals surface area contributed by atoms with Crippen molar-refractivity contribution in [1.29, 1.82) is 0 Å². The topological polar surface area (TPSA) is 52.4 Å². The molecule has 0 aliphatic rings. The second-order valence-corrected chi connectivity index (χ2v) is 8.32. The Labute approximate surface area is 79.9 Å². The molecule has 0 saturated heterocycles. The summed E-state index contributed by atoms with van der Waals surface area (Å²) < 4.78 is 5.07. The largest absolute Gasteiger partial charge is 0.444 e. The van der Waals surface area contributed by atoms with E-state index in [-0.39, 0.29) is 5.78 Å². The molecule has 0 aromatic rings. The van der Waals surface area contributed by atoms with Crippen molar-refractivity contribution < 1.29 is 14.2 Å². The molecule has 0 amide bonds. The van der Waals surface area contributed by atoms with E-state index in [1.165, 1.54) is 13.1 Å². The zero-order valence-corrected chi connectivity index (χ0v) is 9.66. The van der Waals surface area contributed by atoms with Gasteiger partial charge in [0.25, 0.3) is 0 Å². The molecule has 0 aromatic carbocycles. The van der Waals surface area contributed by atoms with E-state index in [1.54, 1.807) is 0 Å². The summed E-state index contributed by atoms with van der Waals surface area (Å²) in [4.78, 5) is 11.0. The molecule has 0 heterocycles. The number of ketones is 1. The van der Waals surface area contributed by atoms with Crippen LogP contribution in [-0.2, 0) is 9.32 Å². The van der Waals surface area contributed by atoms with Crippen LogP contribution in [-0.4, -0.2) is 25.2 Å². The molecule has 0 rings (SSSR count). The highest BCUT2D eigenvalue weighted by Crippen LogP contribution is 2.01. The summed E-state index contributed by atoms with van der Waals surface area (Å²) in [5, 5.41) is 11.0. The van der Waals surface area contributed by atoms with Crippen LogP contribution in [0.15, 0.2) is 0 Å². The van der Waals surface area contributed by atoms with Crippen LogP contribution in [0.1, 0.15) is 19.8 Å². The Bertz CT molecular complexity index is 208. The summed E-state index contributed by atoms with van der Waals surface area (Å²) >= 11 is 0. The van der Waals surface area contributed by atoms with Gasteiger partial charge in [-0.05, 0) is 6.92 Å². The van der Waals surface area contributed by atoms with Crippen molar-refractivity contribution in [2.75, 3.05) is 0 Å². The molecule has 0 aliphatic carbocycles. The van der Waals surface area contributed by atoms with Gasteiger partial charge in [-0.25, -0.2) is 0 Å². The Kier molecular flexibility index (Phi) is 4.69. The molecule has 0 atom stereocenters. The van der Waals surface area contributed by atoms with Crippen LogP contribution in [0.5, 0.6) is 0 Å². The lowest BCUT2D eigenvalue weighted by Gasteiger charge is -2.18. The maximum Gasteiger partial charge on any atom is 0.209 e. The molecule has 0 unspecified atom stereocenters. The fraction of sp³-hybridized carbons (Fsp3) is 0.750. The highest BCUT2D eigenvalue weighted by Gasteiger charge is 2.13. The van der Waals surface area contributed by atoms with Gasteiger partial charge in [0.05, 0.1) is 0 Å². The molecule has 0 aromatic heterocycles. The van der Waals surface area contributed by atoms with Gasteiger partial charge in [-0.15, -0.1) is 0 Å². The lowest BCUT2D eigenvalue weighted by molar-refractivity contribution is -0.701. The standard InChI is InChI=1S/C8H17NO3Si/c1-8(10)6-5-7-9(11)12-13(2,3)4/h7H,5-6H2,1-4H3/b9-7+. The van der Waals surface area contributed by atoms with Crippen molar-refractivity contribution in [2.45, 2.75) is 39.4 Å². The number of carbonyl (C=O) groups excluding carboxylic acids is 1. The van der Waals surface area contributed by atoms with Crippen LogP contribution in [0.4, 0.5) is 0 Å². The Morgan fingerprint density at radius 1 is 1.54 bits per heavy atom. The van der Waals surface area contributed by atoms with E-state index in [1.807, 2.05) is 19.6 Å². The van der Waals surface area contributed by atoms with Crippen LogP contribution in [0, 0.1) is 5.21 Å². The van der Waals surface area contributed by atoms with E-state index < -0.39 is 8.32 Å². The predicted molar refractivity (Wildman–Crippen MR) is 54.0 cm³/mol. The van der Waals surface area contributed by atoms with Crippen molar-refractivity contribution >= 4 is 20.3 Å². The van der Waals surface area contributed by atoms with Crippen molar-refractivity contribution in [3.8, 4) is 0 Å². The zero-order chi connectivity index (χ0) is 10.5. The molecule has 0 saturated carbocycles. The van der Waals surface area contributed by atoms with Crippen LogP contribution >= 0.6 is 0 Å². The van der Waals surface area contributed by atoms with Crippen molar-refractivity contribution in [2.24, 2.45) is 0 Å². The summed E-state index contributed by atoms with van der Waals surface area (Å²) in [5.74, 6) is 0.0812. The third-order valence-electron chi connectivity index (χ3n) is 1.14. The first kappa shape index (κ1) is 12.2. The fourth-order valence-corrected chi connectivity index (χ4v) is 1.29. The SMILES string of the molecule is CC(=O)CC/C=[N+](\[O-])O[Si](C)(C)C. The molecule has 4 nitrogen and oxygen atoms in total. The third-order valence-corrected chi connectivity index (χ3v) is 1.87. The van der Waals surface area contributed by atoms with Gasteiger partial charge in [-0.2, -0.15) is 0 Å². The molecule has 0 N–H and O–H groups in total. The number of carbonyl (C=O) groups is 1. The molecule has 0 spiro atoms. The minimum atomic E-state index is -1.80. The normalized spacial score (nSPS) is 12.8. The maximum atomic E-state index is 11.0. The van der Waals surface area contributed by atoms with E-state index in [0.29, 0.717) is 17.7 Å². The summed E-state index contributed by atoms with van der Waals surface area (Å²) in [7, 11) is -1.80. The molecule has 5 heteroatoms. The van der Waals surface area contributed by atoms with E-state index in [4.69, 9.17) is 4.53 Å². The van der Waals surface area contributed by atoms with E-state index in [2.05, 4.69) is 0 Å². The maximum absolute atomic E-state index is 11.0. The van der Waals surface area contributed by atoms with E-state index >= 15 is 0 Å². The van der Waals surface area contributed by atoms with Crippen molar-refractivity contribution in [1.82, 2.24) is 0 Å². The summed E-state index contributed by atoms with van der Waals surface area (Å²) in [6.07, 6.45) is 2.21. The second-order valence-electron chi connectivity index (χ2n) is 3.91. The second kappa shape index (κ2) is 5.01. The summed E-state index contributed by atoms with van der Waals surface area (Å²) in [6, 6.07) is 0. The lowest BCUT2D eigenvalue weighted by Crippen LogP contribution is -2.29. The number of hydrogen-bond acceptors (Lipinski definition) is 3. The zero-order valence-electron chi connectivity index (χ0n) is 8.66. The van der Waals surface area contributed by atoms with Crippen LogP contribution in [0.25, 0.3) is 0 Å². The smallest absolute Gasteiger partial charge is 0.209 e. The first-order valence-corrected chi connectivity index (χ1v) is 7.70. The van der Waals surface area contributed by atoms with Crippen LogP contribution in [0.3, 0.4) is 0 Å². The van der Waals surface area contributed by atoms with Gasteiger partial charge in [-0.1, -0.05) is 19.6 Å². The average Bonchev–Trinajstić information content (AvgIpc) is 1.81. The highest BCUT2D eigenvalue weighted by atomic mass is 28.4. The first-order valence-electron chi connectivity index (χ1n) is 4.29. The molecule has 76 valence electrons. The lowest BCUT2D eigenvalue weighted by atomic mass is 10.2. The monoisotopic (exact) mass is 203 g/mol. The number of Topliss-reactive ketones (excluding diaryl/α,β-unsaturated/α-hetero) is 1. The van der Waals surface area contributed by atoms with Gasteiger partial charge < -0.3 is 9.32 Å². The fourth-order valence-electron chi connectivity index (χ4n) is 0.680. The molecule has 13 heavy (non-hydrogen) atoms. The van der Waals surface area contributed by atoms with Crippen LogP contribution < -0.4 is 0 Å².